The molecule has 0 amide bonds. The van der Waals surface area contributed by atoms with E-state index >= 15 is 4.39 Å². The van der Waals surface area contributed by atoms with Crippen molar-refractivity contribution in [1.29, 1.82) is 0 Å². The van der Waals surface area contributed by atoms with Crippen LogP contribution in [0.5, 0.6) is 17.2 Å². The van der Waals surface area contributed by atoms with Gasteiger partial charge in [0.1, 0.15) is 41.4 Å². The number of aliphatic hydroxyl groups is 1. The van der Waals surface area contributed by atoms with Crippen LogP contribution in [0, 0.1) is 19.7 Å². The van der Waals surface area contributed by atoms with E-state index in [-0.39, 0.29) is 30.7 Å². The van der Waals surface area contributed by atoms with Gasteiger partial charge in [0.25, 0.3) is 0 Å². The van der Waals surface area contributed by atoms with E-state index in [1.807, 2.05) is 50.2 Å². The number of carbonyl (C=O) groups is 1. The van der Waals surface area contributed by atoms with Crippen LogP contribution in [0.1, 0.15) is 65.5 Å². The molecule has 2 heterocycles. The Labute approximate surface area is 245 Å². The van der Waals surface area contributed by atoms with Crippen molar-refractivity contribution in [3.05, 3.63) is 76.1 Å². The summed E-state index contributed by atoms with van der Waals surface area (Å²) in [7, 11) is 1.38. The molecule has 3 aromatic carbocycles. The summed E-state index contributed by atoms with van der Waals surface area (Å²) in [6.45, 7) is 5.78. The number of aryl methyl sites for hydroxylation is 2. The van der Waals surface area contributed by atoms with E-state index in [2.05, 4.69) is 0 Å². The summed E-state index contributed by atoms with van der Waals surface area (Å²) in [5.41, 5.74) is 5.76. The van der Waals surface area contributed by atoms with Crippen LogP contribution >= 0.6 is 0 Å². The quantitative estimate of drug-likeness (QED) is 0.323. The SMILES string of the molecule is COC(=O)C[C@@H]1COc2cc(O[C@@H]3CCc4c(-c5c(C)cc(OCC6(O)CCOCC6)cc5C)ccc(F)c43)ccc21. The number of halogens is 1. The predicted octanol–water partition coefficient (Wildman–Crippen LogP) is 6.14. The molecule has 0 bridgehead atoms. The first-order chi connectivity index (χ1) is 20.2. The van der Waals surface area contributed by atoms with Crippen LogP contribution in [0.25, 0.3) is 11.1 Å². The van der Waals surface area contributed by atoms with Crippen molar-refractivity contribution in [1.82, 2.24) is 0 Å². The molecule has 0 aromatic heterocycles. The molecule has 42 heavy (non-hydrogen) atoms. The second-order valence-corrected chi connectivity index (χ2v) is 11.7. The number of methoxy groups -OCH3 is 1. The van der Waals surface area contributed by atoms with Gasteiger partial charge in [-0.15, -0.1) is 0 Å². The van der Waals surface area contributed by atoms with E-state index in [4.69, 9.17) is 23.7 Å². The molecule has 3 aliphatic rings. The molecule has 0 spiro atoms. The molecule has 222 valence electrons. The zero-order valence-electron chi connectivity index (χ0n) is 24.3. The summed E-state index contributed by atoms with van der Waals surface area (Å²) in [6.07, 6.45) is 2.31. The van der Waals surface area contributed by atoms with Crippen LogP contribution in [-0.4, -0.2) is 50.2 Å². The number of fused-ring (bicyclic) bond motifs is 2. The van der Waals surface area contributed by atoms with Crippen LogP contribution in [-0.2, 0) is 20.7 Å². The monoisotopic (exact) mass is 576 g/mol. The lowest BCUT2D eigenvalue weighted by atomic mass is 9.90. The molecular formula is C34H37FO7. The third-order valence-corrected chi connectivity index (χ3v) is 8.77. The third kappa shape index (κ3) is 5.57. The maximum atomic E-state index is 15.3. The van der Waals surface area contributed by atoms with Gasteiger partial charge in [-0.25, -0.2) is 4.39 Å². The summed E-state index contributed by atoms with van der Waals surface area (Å²) >= 11 is 0. The number of benzene rings is 3. The van der Waals surface area contributed by atoms with Crippen LogP contribution in [0.15, 0.2) is 42.5 Å². The Kier molecular flexibility index (Phi) is 7.85. The molecule has 7 nitrogen and oxygen atoms in total. The van der Waals surface area contributed by atoms with Crippen molar-refractivity contribution in [3.8, 4) is 28.4 Å². The molecule has 1 saturated heterocycles. The molecule has 0 unspecified atom stereocenters. The van der Waals surface area contributed by atoms with Gasteiger partial charge in [0.2, 0.25) is 0 Å². The summed E-state index contributed by atoms with van der Waals surface area (Å²) in [6, 6.07) is 13.0. The van der Waals surface area contributed by atoms with Gasteiger partial charge in [0, 0.05) is 49.2 Å². The zero-order valence-corrected chi connectivity index (χ0v) is 24.3. The van der Waals surface area contributed by atoms with Crippen molar-refractivity contribution in [2.45, 2.75) is 63.6 Å². The Bertz CT molecular complexity index is 1470. The predicted molar refractivity (Wildman–Crippen MR) is 155 cm³/mol. The van der Waals surface area contributed by atoms with Crippen molar-refractivity contribution < 1.29 is 38.0 Å². The van der Waals surface area contributed by atoms with Crippen LogP contribution < -0.4 is 14.2 Å². The Balaban J connectivity index is 1.22. The number of ether oxygens (including phenoxy) is 5. The standard InChI is InChI=1S/C34H37FO7/c1-20-14-24(41-19-34(37)10-12-39-13-11-34)15-21(2)32(20)26-6-8-28(35)33-27(26)7-9-29(33)42-23-4-5-25-22(16-31(36)38-3)18-40-30(25)17-23/h4-6,8,14-15,17,22,29,37H,7,9-13,16,18-19H2,1-3H3/t22-,29-/m1/s1. The Morgan fingerprint density at radius 1 is 1.07 bits per heavy atom. The van der Waals surface area contributed by atoms with Gasteiger partial charge in [0.15, 0.2) is 0 Å². The highest BCUT2D eigenvalue weighted by molar-refractivity contribution is 5.76. The van der Waals surface area contributed by atoms with Crippen molar-refractivity contribution >= 4 is 5.97 Å². The Morgan fingerprint density at radius 3 is 2.57 bits per heavy atom. The van der Waals surface area contributed by atoms with Gasteiger partial charge in [0.05, 0.1) is 20.1 Å². The molecule has 8 heteroatoms. The fourth-order valence-electron chi connectivity index (χ4n) is 6.52. The lowest BCUT2D eigenvalue weighted by molar-refractivity contribution is -0.141. The average molecular weight is 577 g/mol. The van der Waals surface area contributed by atoms with Crippen molar-refractivity contribution in [3.63, 3.8) is 0 Å². The van der Waals surface area contributed by atoms with Crippen molar-refractivity contribution in [2.75, 3.05) is 33.5 Å². The normalized spacial score (nSPS) is 20.4. The fourth-order valence-corrected chi connectivity index (χ4v) is 6.52. The molecule has 6 rings (SSSR count). The summed E-state index contributed by atoms with van der Waals surface area (Å²) in [5.74, 6) is 1.41. The first-order valence-electron chi connectivity index (χ1n) is 14.6. The van der Waals surface area contributed by atoms with Gasteiger partial charge in [-0.2, -0.15) is 0 Å². The molecule has 2 atom stereocenters. The highest BCUT2D eigenvalue weighted by Crippen LogP contribution is 2.45. The van der Waals surface area contributed by atoms with Crippen LogP contribution in [0.3, 0.4) is 0 Å². The molecule has 1 N–H and O–H groups in total. The molecule has 0 saturated carbocycles. The van der Waals surface area contributed by atoms with E-state index < -0.39 is 11.7 Å². The Hall–Kier alpha value is -3.62. The highest BCUT2D eigenvalue weighted by atomic mass is 19.1. The number of carbonyl (C=O) groups excluding carboxylic acids is 1. The lowest BCUT2D eigenvalue weighted by Gasteiger charge is -2.31. The van der Waals surface area contributed by atoms with E-state index in [0.29, 0.717) is 68.3 Å². The largest absolute Gasteiger partial charge is 0.492 e. The molecular weight excluding hydrogens is 539 g/mol. The van der Waals surface area contributed by atoms with Gasteiger partial charge in [-0.3, -0.25) is 4.79 Å². The van der Waals surface area contributed by atoms with E-state index in [0.717, 1.165) is 33.4 Å². The first-order valence-corrected chi connectivity index (χ1v) is 14.6. The summed E-state index contributed by atoms with van der Waals surface area (Å²) in [5, 5.41) is 10.8. The zero-order chi connectivity index (χ0) is 29.4. The molecule has 3 aromatic rings. The maximum absolute atomic E-state index is 15.3. The minimum atomic E-state index is -0.874. The third-order valence-electron chi connectivity index (χ3n) is 8.77. The minimum absolute atomic E-state index is 0.0522. The second-order valence-electron chi connectivity index (χ2n) is 11.7. The molecule has 1 fully saturated rings. The number of hydrogen-bond donors (Lipinski definition) is 1. The minimum Gasteiger partial charge on any atom is -0.492 e. The Morgan fingerprint density at radius 2 is 1.83 bits per heavy atom. The topological polar surface area (TPSA) is 83.5 Å². The van der Waals surface area contributed by atoms with Gasteiger partial charge >= 0.3 is 5.97 Å². The number of rotatable bonds is 8. The van der Waals surface area contributed by atoms with Crippen molar-refractivity contribution in [2.24, 2.45) is 0 Å². The average Bonchev–Trinajstić information content (AvgIpc) is 3.58. The molecule has 1 aliphatic carbocycles. The van der Waals surface area contributed by atoms with E-state index in [9.17, 15) is 9.90 Å². The maximum Gasteiger partial charge on any atom is 0.306 e. The summed E-state index contributed by atoms with van der Waals surface area (Å²) < 4.78 is 43.7. The molecule has 2 aliphatic heterocycles. The smallest absolute Gasteiger partial charge is 0.306 e. The van der Waals surface area contributed by atoms with Gasteiger partial charge in [-0.05, 0) is 78.8 Å². The second kappa shape index (κ2) is 11.6. The number of hydrogen-bond acceptors (Lipinski definition) is 7. The van der Waals surface area contributed by atoms with Gasteiger partial charge in [-0.1, -0.05) is 12.1 Å². The van der Waals surface area contributed by atoms with Gasteiger partial charge < -0.3 is 28.8 Å². The molecule has 0 radical (unpaired) electrons. The summed E-state index contributed by atoms with van der Waals surface area (Å²) in [4.78, 5) is 11.8. The van der Waals surface area contributed by atoms with E-state index in [1.165, 1.54) is 13.2 Å². The van der Waals surface area contributed by atoms with Crippen LogP contribution in [0.2, 0.25) is 0 Å². The highest BCUT2D eigenvalue weighted by Gasteiger charge is 2.33. The van der Waals surface area contributed by atoms with E-state index in [1.54, 1.807) is 0 Å². The fraction of sp³-hybridized carbons (Fsp3) is 0.441. The lowest BCUT2D eigenvalue weighted by Crippen LogP contribution is -2.41. The number of esters is 1. The first kappa shape index (κ1) is 28.5. The van der Waals surface area contributed by atoms with Crippen LogP contribution in [0.4, 0.5) is 4.39 Å².